The normalized spacial score (nSPS) is 24.7. The van der Waals surface area contributed by atoms with Gasteiger partial charge in [-0.2, -0.15) is 0 Å². The predicted octanol–water partition coefficient (Wildman–Crippen LogP) is 3.24. The first kappa shape index (κ1) is 16.0. The van der Waals surface area contributed by atoms with Gasteiger partial charge in [-0.15, -0.1) is 0 Å². The SMILES string of the molecule is CC(C)c1ccc([C@@H]2C[C@H]2C(=O)N2CCC(C(=O)O)CC2)cc1. The van der Waals surface area contributed by atoms with Gasteiger partial charge in [0.15, 0.2) is 0 Å². The predicted molar refractivity (Wildman–Crippen MR) is 88.3 cm³/mol. The second-order valence-corrected chi connectivity index (χ2v) is 7.21. The molecule has 1 saturated heterocycles. The van der Waals surface area contributed by atoms with Crippen LogP contribution >= 0.6 is 0 Å². The van der Waals surface area contributed by atoms with E-state index in [1.54, 1.807) is 0 Å². The number of amides is 1. The third-order valence-corrected chi connectivity index (χ3v) is 5.29. The molecular formula is C19H25NO3. The van der Waals surface area contributed by atoms with Gasteiger partial charge in [0, 0.05) is 19.0 Å². The Bertz CT molecular complexity index is 585. The van der Waals surface area contributed by atoms with Crippen LogP contribution in [0.5, 0.6) is 0 Å². The number of likely N-dealkylation sites (tertiary alicyclic amines) is 1. The lowest BCUT2D eigenvalue weighted by Crippen LogP contribution is -2.41. The number of hydrogen-bond donors (Lipinski definition) is 1. The van der Waals surface area contributed by atoms with E-state index in [2.05, 4.69) is 38.1 Å². The fourth-order valence-electron chi connectivity index (χ4n) is 3.55. The lowest BCUT2D eigenvalue weighted by Gasteiger charge is -2.30. The van der Waals surface area contributed by atoms with Crippen LogP contribution in [0.4, 0.5) is 0 Å². The molecule has 1 aliphatic carbocycles. The molecule has 4 heteroatoms. The molecule has 0 aromatic heterocycles. The topological polar surface area (TPSA) is 57.6 Å². The Kier molecular flexibility index (Phi) is 4.42. The Morgan fingerprint density at radius 2 is 1.74 bits per heavy atom. The molecule has 2 atom stereocenters. The van der Waals surface area contributed by atoms with Crippen molar-refractivity contribution >= 4 is 11.9 Å². The van der Waals surface area contributed by atoms with Gasteiger partial charge in [0.05, 0.1) is 5.92 Å². The van der Waals surface area contributed by atoms with Gasteiger partial charge in [0.1, 0.15) is 0 Å². The van der Waals surface area contributed by atoms with Gasteiger partial charge in [0.2, 0.25) is 5.91 Å². The van der Waals surface area contributed by atoms with Gasteiger partial charge in [-0.3, -0.25) is 9.59 Å². The fraction of sp³-hybridized carbons (Fsp3) is 0.579. The molecule has 0 radical (unpaired) electrons. The quantitative estimate of drug-likeness (QED) is 0.928. The zero-order valence-electron chi connectivity index (χ0n) is 13.9. The number of carboxylic acids is 1. The third-order valence-electron chi connectivity index (χ3n) is 5.29. The van der Waals surface area contributed by atoms with E-state index in [0.717, 1.165) is 6.42 Å². The number of benzene rings is 1. The first-order valence-corrected chi connectivity index (χ1v) is 8.59. The molecule has 1 saturated carbocycles. The average molecular weight is 315 g/mol. The molecular weight excluding hydrogens is 290 g/mol. The number of carboxylic acid groups (broad SMARTS) is 1. The molecule has 2 aliphatic rings. The van der Waals surface area contributed by atoms with E-state index in [4.69, 9.17) is 5.11 Å². The summed E-state index contributed by atoms with van der Waals surface area (Å²) in [5.41, 5.74) is 2.58. The van der Waals surface area contributed by atoms with Crippen molar-refractivity contribution in [2.45, 2.75) is 44.9 Å². The van der Waals surface area contributed by atoms with E-state index in [9.17, 15) is 9.59 Å². The van der Waals surface area contributed by atoms with Gasteiger partial charge >= 0.3 is 5.97 Å². The minimum Gasteiger partial charge on any atom is -0.481 e. The van der Waals surface area contributed by atoms with Crippen molar-refractivity contribution in [2.75, 3.05) is 13.1 Å². The van der Waals surface area contributed by atoms with Crippen molar-refractivity contribution < 1.29 is 14.7 Å². The maximum atomic E-state index is 12.6. The molecule has 1 aromatic rings. The van der Waals surface area contributed by atoms with Crippen LogP contribution in [0, 0.1) is 11.8 Å². The molecule has 1 amide bonds. The number of nitrogens with zero attached hydrogens (tertiary/aromatic N) is 1. The van der Waals surface area contributed by atoms with E-state index in [1.165, 1.54) is 11.1 Å². The van der Waals surface area contributed by atoms with Crippen LogP contribution in [0.1, 0.15) is 56.1 Å². The van der Waals surface area contributed by atoms with E-state index in [1.807, 2.05) is 4.90 Å². The van der Waals surface area contributed by atoms with Crippen molar-refractivity contribution in [1.29, 1.82) is 0 Å². The summed E-state index contributed by atoms with van der Waals surface area (Å²) in [5.74, 6) is 0.175. The Labute approximate surface area is 137 Å². The van der Waals surface area contributed by atoms with Crippen LogP contribution < -0.4 is 0 Å². The Hall–Kier alpha value is -1.84. The highest BCUT2D eigenvalue weighted by Gasteiger charge is 2.46. The highest BCUT2D eigenvalue weighted by molar-refractivity contribution is 5.83. The summed E-state index contributed by atoms with van der Waals surface area (Å²) in [6.07, 6.45) is 2.10. The highest BCUT2D eigenvalue weighted by atomic mass is 16.4. The molecule has 0 spiro atoms. The standard InChI is InChI=1S/C19H25NO3/c1-12(2)13-3-5-14(6-4-13)16-11-17(16)18(21)20-9-7-15(8-10-20)19(22)23/h3-6,12,15-17H,7-11H2,1-2H3,(H,22,23)/t16-,17+/m0/s1. The molecule has 23 heavy (non-hydrogen) atoms. The number of rotatable bonds is 4. The van der Waals surface area contributed by atoms with Crippen LogP contribution in [0.3, 0.4) is 0 Å². The monoisotopic (exact) mass is 315 g/mol. The average Bonchev–Trinajstić information content (AvgIpc) is 3.35. The highest BCUT2D eigenvalue weighted by Crippen LogP contribution is 2.48. The van der Waals surface area contributed by atoms with Crippen LogP contribution in [0.15, 0.2) is 24.3 Å². The van der Waals surface area contributed by atoms with Gasteiger partial charge in [-0.1, -0.05) is 38.1 Å². The van der Waals surface area contributed by atoms with Crippen molar-refractivity contribution in [3.05, 3.63) is 35.4 Å². The van der Waals surface area contributed by atoms with Gasteiger partial charge in [0.25, 0.3) is 0 Å². The van der Waals surface area contributed by atoms with Gasteiger partial charge < -0.3 is 10.0 Å². The Balaban J connectivity index is 1.56. The molecule has 1 aromatic carbocycles. The summed E-state index contributed by atoms with van der Waals surface area (Å²) in [6, 6.07) is 8.64. The number of piperidine rings is 1. The summed E-state index contributed by atoms with van der Waals surface area (Å²) in [6.45, 7) is 5.54. The summed E-state index contributed by atoms with van der Waals surface area (Å²) >= 11 is 0. The third kappa shape index (κ3) is 3.41. The second kappa shape index (κ2) is 6.34. The summed E-state index contributed by atoms with van der Waals surface area (Å²) < 4.78 is 0. The molecule has 1 aliphatic heterocycles. The minimum atomic E-state index is -0.730. The van der Waals surface area contributed by atoms with E-state index < -0.39 is 5.97 Å². The van der Waals surface area contributed by atoms with Gasteiger partial charge in [-0.25, -0.2) is 0 Å². The Morgan fingerprint density at radius 3 is 2.26 bits per heavy atom. The zero-order valence-corrected chi connectivity index (χ0v) is 13.9. The Morgan fingerprint density at radius 1 is 1.13 bits per heavy atom. The maximum absolute atomic E-state index is 12.6. The van der Waals surface area contributed by atoms with Crippen molar-refractivity contribution in [1.82, 2.24) is 4.90 Å². The summed E-state index contributed by atoms with van der Waals surface area (Å²) in [7, 11) is 0. The number of hydrogen-bond acceptors (Lipinski definition) is 2. The molecule has 1 heterocycles. The molecule has 2 fully saturated rings. The number of aliphatic carboxylic acids is 1. The largest absolute Gasteiger partial charge is 0.481 e. The van der Waals surface area contributed by atoms with Gasteiger partial charge in [-0.05, 0) is 42.2 Å². The summed E-state index contributed by atoms with van der Waals surface area (Å²) in [4.78, 5) is 25.4. The fourth-order valence-corrected chi connectivity index (χ4v) is 3.55. The lowest BCUT2D eigenvalue weighted by molar-refractivity contribution is -0.146. The smallest absolute Gasteiger partial charge is 0.306 e. The maximum Gasteiger partial charge on any atom is 0.306 e. The lowest BCUT2D eigenvalue weighted by atomic mass is 9.96. The van der Waals surface area contributed by atoms with Crippen molar-refractivity contribution in [2.24, 2.45) is 11.8 Å². The minimum absolute atomic E-state index is 0.0984. The van der Waals surface area contributed by atoms with Crippen LogP contribution in [0.25, 0.3) is 0 Å². The van der Waals surface area contributed by atoms with Crippen LogP contribution in [0.2, 0.25) is 0 Å². The van der Waals surface area contributed by atoms with Crippen LogP contribution in [-0.2, 0) is 9.59 Å². The van der Waals surface area contributed by atoms with Crippen LogP contribution in [-0.4, -0.2) is 35.0 Å². The molecule has 3 rings (SSSR count). The molecule has 4 nitrogen and oxygen atoms in total. The first-order valence-electron chi connectivity index (χ1n) is 8.59. The molecule has 1 N–H and O–H groups in total. The van der Waals surface area contributed by atoms with E-state index in [-0.39, 0.29) is 17.7 Å². The summed E-state index contributed by atoms with van der Waals surface area (Å²) in [5, 5.41) is 9.03. The van der Waals surface area contributed by atoms with E-state index in [0.29, 0.717) is 37.8 Å². The zero-order chi connectivity index (χ0) is 16.6. The van der Waals surface area contributed by atoms with Crippen molar-refractivity contribution in [3.63, 3.8) is 0 Å². The van der Waals surface area contributed by atoms with Crippen molar-refractivity contribution in [3.8, 4) is 0 Å². The number of carbonyl (C=O) groups is 2. The second-order valence-electron chi connectivity index (χ2n) is 7.21. The first-order chi connectivity index (χ1) is 11.0. The molecule has 0 unspecified atom stereocenters. The molecule has 124 valence electrons. The molecule has 0 bridgehead atoms. The number of carbonyl (C=O) groups excluding carboxylic acids is 1. The van der Waals surface area contributed by atoms with E-state index >= 15 is 0 Å².